The molecule has 2 amide bonds. The molecule has 0 aliphatic carbocycles. The number of carbonyl (C=O) groups is 2. The van der Waals surface area contributed by atoms with Gasteiger partial charge in [0.2, 0.25) is 11.8 Å². The summed E-state index contributed by atoms with van der Waals surface area (Å²) in [5.41, 5.74) is 3.14. The van der Waals surface area contributed by atoms with Crippen molar-refractivity contribution in [2.24, 2.45) is 5.92 Å². The summed E-state index contributed by atoms with van der Waals surface area (Å²) in [7, 11) is 0. The molecule has 6 heteroatoms. The highest BCUT2D eigenvalue weighted by atomic mass is 32.2. The molecule has 0 aliphatic rings. The summed E-state index contributed by atoms with van der Waals surface area (Å²) < 4.78 is 13.3. The van der Waals surface area contributed by atoms with Crippen LogP contribution in [-0.4, -0.2) is 35.1 Å². The fourth-order valence-electron chi connectivity index (χ4n) is 2.96. The standard InChI is InChI=1S/C24H31FN2O2S/c1-17(2)13-26-24(29)19(4)27(14-20-8-10-22(25)11-9-20)23(28)16-30-15-21-7-5-6-18(3)12-21/h5-12,17,19H,13-16H2,1-4H3,(H,26,29)/t19-/m1/s1. The van der Waals surface area contributed by atoms with Crippen LogP contribution in [0.5, 0.6) is 0 Å². The van der Waals surface area contributed by atoms with Crippen LogP contribution < -0.4 is 5.32 Å². The van der Waals surface area contributed by atoms with Gasteiger partial charge in [-0.25, -0.2) is 4.39 Å². The molecule has 2 aromatic carbocycles. The molecule has 0 radical (unpaired) electrons. The maximum absolute atomic E-state index is 13.3. The van der Waals surface area contributed by atoms with E-state index in [2.05, 4.69) is 11.4 Å². The fraction of sp³-hybridized carbons (Fsp3) is 0.417. The molecule has 0 fully saturated rings. The summed E-state index contributed by atoms with van der Waals surface area (Å²) in [6.45, 7) is 8.65. The van der Waals surface area contributed by atoms with E-state index in [1.54, 1.807) is 24.0 Å². The Bertz CT molecular complexity index is 839. The lowest BCUT2D eigenvalue weighted by Crippen LogP contribution is -2.48. The van der Waals surface area contributed by atoms with Gasteiger partial charge < -0.3 is 10.2 Å². The Labute approximate surface area is 183 Å². The molecule has 0 spiro atoms. The molecule has 0 aliphatic heterocycles. The minimum absolute atomic E-state index is 0.107. The van der Waals surface area contributed by atoms with E-state index < -0.39 is 6.04 Å². The van der Waals surface area contributed by atoms with Gasteiger partial charge in [-0.15, -0.1) is 11.8 Å². The summed E-state index contributed by atoms with van der Waals surface area (Å²) in [6, 6.07) is 13.6. The van der Waals surface area contributed by atoms with E-state index in [9.17, 15) is 14.0 Å². The van der Waals surface area contributed by atoms with Crippen molar-refractivity contribution in [3.63, 3.8) is 0 Å². The van der Waals surface area contributed by atoms with Gasteiger partial charge in [0.1, 0.15) is 11.9 Å². The third-order valence-corrected chi connectivity index (χ3v) is 5.68. The molecule has 1 atom stereocenters. The summed E-state index contributed by atoms with van der Waals surface area (Å²) in [5.74, 6) is 0.718. The molecule has 0 saturated carbocycles. The van der Waals surface area contributed by atoms with Crippen LogP contribution >= 0.6 is 11.8 Å². The molecule has 0 saturated heterocycles. The first-order chi connectivity index (χ1) is 14.3. The molecule has 162 valence electrons. The Kier molecular flexibility index (Phi) is 9.37. The molecule has 30 heavy (non-hydrogen) atoms. The van der Waals surface area contributed by atoms with E-state index in [1.165, 1.54) is 35.0 Å². The lowest BCUT2D eigenvalue weighted by atomic mass is 10.1. The van der Waals surface area contributed by atoms with Crippen molar-refractivity contribution in [3.05, 3.63) is 71.0 Å². The van der Waals surface area contributed by atoms with Gasteiger partial charge in [-0.1, -0.05) is 55.8 Å². The minimum Gasteiger partial charge on any atom is -0.354 e. The van der Waals surface area contributed by atoms with E-state index in [4.69, 9.17) is 0 Å². The van der Waals surface area contributed by atoms with E-state index >= 15 is 0 Å². The average molecular weight is 431 g/mol. The molecule has 1 N–H and O–H groups in total. The predicted molar refractivity (Wildman–Crippen MR) is 122 cm³/mol. The average Bonchev–Trinajstić information content (AvgIpc) is 2.71. The zero-order valence-corrected chi connectivity index (χ0v) is 19.0. The van der Waals surface area contributed by atoms with E-state index in [-0.39, 0.29) is 29.9 Å². The van der Waals surface area contributed by atoms with E-state index in [0.29, 0.717) is 12.5 Å². The van der Waals surface area contributed by atoms with Gasteiger partial charge in [-0.05, 0) is 43.0 Å². The van der Waals surface area contributed by atoms with Gasteiger partial charge in [0.15, 0.2) is 0 Å². The highest BCUT2D eigenvalue weighted by Crippen LogP contribution is 2.17. The fourth-order valence-corrected chi connectivity index (χ4v) is 3.82. The first-order valence-corrected chi connectivity index (χ1v) is 11.4. The number of hydrogen-bond donors (Lipinski definition) is 1. The third-order valence-electron chi connectivity index (χ3n) is 4.69. The Morgan fingerprint density at radius 3 is 2.40 bits per heavy atom. The smallest absolute Gasteiger partial charge is 0.242 e. The molecule has 0 aromatic heterocycles. The molecular formula is C24H31FN2O2S. The minimum atomic E-state index is -0.610. The first-order valence-electron chi connectivity index (χ1n) is 10.2. The van der Waals surface area contributed by atoms with Crippen molar-refractivity contribution in [3.8, 4) is 0 Å². The van der Waals surface area contributed by atoms with Crippen molar-refractivity contribution in [1.82, 2.24) is 10.2 Å². The molecule has 2 aromatic rings. The molecule has 4 nitrogen and oxygen atoms in total. The largest absolute Gasteiger partial charge is 0.354 e. The van der Waals surface area contributed by atoms with Crippen LogP contribution in [0.15, 0.2) is 48.5 Å². The van der Waals surface area contributed by atoms with Gasteiger partial charge in [-0.2, -0.15) is 0 Å². The Hall–Kier alpha value is -2.34. The topological polar surface area (TPSA) is 49.4 Å². The van der Waals surface area contributed by atoms with E-state index in [1.807, 2.05) is 39.0 Å². The quantitative estimate of drug-likeness (QED) is 0.601. The number of halogens is 1. The SMILES string of the molecule is Cc1cccc(CSCC(=O)N(Cc2ccc(F)cc2)[C@H](C)C(=O)NCC(C)C)c1. The Morgan fingerprint density at radius 2 is 1.77 bits per heavy atom. The number of thioether (sulfide) groups is 1. The number of hydrogen-bond acceptors (Lipinski definition) is 3. The number of nitrogens with zero attached hydrogens (tertiary/aromatic N) is 1. The van der Waals surface area contributed by atoms with Crippen LogP contribution in [0.25, 0.3) is 0 Å². The van der Waals surface area contributed by atoms with Gasteiger partial charge in [0, 0.05) is 18.8 Å². The van der Waals surface area contributed by atoms with Crippen LogP contribution in [0.1, 0.15) is 37.5 Å². The number of rotatable bonds is 10. The maximum atomic E-state index is 13.3. The van der Waals surface area contributed by atoms with Gasteiger partial charge in [0.25, 0.3) is 0 Å². The Balaban J connectivity index is 2.05. The van der Waals surface area contributed by atoms with Crippen molar-refractivity contribution in [2.45, 2.75) is 46.0 Å². The second-order valence-corrected chi connectivity index (χ2v) is 8.93. The monoisotopic (exact) mass is 430 g/mol. The maximum Gasteiger partial charge on any atom is 0.242 e. The van der Waals surface area contributed by atoms with Crippen LogP contribution in [0.2, 0.25) is 0 Å². The summed E-state index contributed by atoms with van der Waals surface area (Å²) in [4.78, 5) is 27.2. The van der Waals surface area contributed by atoms with Crippen molar-refractivity contribution < 1.29 is 14.0 Å². The van der Waals surface area contributed by atoms with Gasteiger partial charge in [-0.3, -0.25) is 9.59 Å². The second kappa shape index (κ2) is 11.7. The lowest BCUT2D eigenvalue weighted by molar-refractivity contribution is -0.138. The molecule has 0 heterocycles. The molecule has 0 unspecified atom stereocenters. The highest BCUT2D eigenvalue weighted by molar-refractivity contribution is 7.99. The zero-order valence-electron chi connectivity index (χ0n) is 18.2. The van der Waals surface area contributed by atoms with Crippen LogP contribution in [0.4, 0.5) is 4.39 Å². The summed E-state index contributed by atoms with van der Waals surface area (Å²) in [5, 5.41) is 2.90. The lowest BCUT2D eigenvalue weighted by Gasteiger charge is -2.29. The van der Waals surface area contributed by atoms with Gasteiger partial charge >= 0.3 is 0 Å². The Morgan fingerprint density at radius 1 is 1.07 bits per heavy atom. The number of amides is 2. The van der Waals surface area contributed by atoms with Crippen LogP contribution in [-0.2, 0) is 21.9 Å². The zero-order chi connectivity index (χ0) is 22.1. The van der Waals surface area contributed by atoms with Crippen molar-refractivity contribution in [2.75, 3.05) is 12.3 Å². The van der Waals surface area contributed by atoms with Gasteiger partial charge in [0.05, 0.1) is 5.75 Å². The molecule has 2 rings (SSSR count). The normalized spacial score (nSPS) is 11.9. The number of aryl methyl sites for hydroxylation is 1. The predicted octanol–water partition coefficient (Wildman–Crippen LogP) is 4.56. The molecule has 0 bridgehead atoms. The third kappa shape index (κ3) is 7.82. The number of carbonyl (C=O) groups excluding carboxylic acids is 2. The van der Waals surface area contributed by atoms with Crippen molar-refractivity contribution in [1.29, 1.82) is 0 Å². The second-order valence-electron chi connectivity index (χ2n) is 7.94. The first kappa shape index (κ1) is 23.9. The van der Waals surface area contributed by atoms with Crippen molar-refractivity contribution >= 4 is 23.6 Å². The molecular weight excluding hydrogens is 399 g/mol. The number of nitrogens with one attached hydrogen (secondary N) is 1. The van der Waals surface area contributed by atoms with E-state index in [0.717, 1.165) is 11.3 Å². The summed E-state index contributed by atoms with van der Waals surface area (Å²) in [6.07, 6.45) is 0. The summed E-state index contributed by atoms with van der Waals surface area (Å²) >= 11 is 1.53. The number of benzene rings is 2. The van der Waals surface area contributed by atoms with Crippen LogP contribution in [0.3, 0.4) is 0 Å². The highest BCUT2D eigenvalue weighted by Gasteiger charge is 2.26. The van der Waals surface area contributed by atoms with Crippen LogP contribution in [0, 0.1) is 18.7 Å².